The molecule has 0 atom stereocenters. The summed E-state index contributed by atoms with van der Waals surface area (Å²) < 4.78 is 2.84. The predicted octanol–water partition coefficient (Wildman–Crippen LogP) is 2.26. The van der Waals surface area contributed by atoms with Crippen molar-refractivity contribution in [3.05, 3.63) is 10.6 Å². The van der Waals surface area contributed by atoms with Gasteiger partial charge in [-0.05, 0) is 24.9 Å². The predicted molar refractivity (Wildman–Crippen MR) is 59.8 cm³/mol. The Balaban J connectivity index is 2.75. The van der Waals surface area contributed by atoms with Crippen LogP contribution < -0.4 is 0 Å². The minimum absolute atomic E-state index is 0.748. The van der Waals surface area contributed by atoms with E-state index < -0.39 is 0 Å². The molecule has 1 rings (SSSR count). The second kappa shape index (κ2) is 5.44. The Hall–Kier alpha value is -0.290. The fourth-order valence-corrected chi connectivity index (χ4v) is 1.79. The highest BCUT2D eigenvalue weighted by molar-refractivity contribution is 7.98. The minimum atomic E-state index is 0.748. The summed E-state index contributed by atoms with van der Waals surface area (Å²) in [5.41, 5.74) is 0. The molecule has 13 heavy (non-hydrogen) atoms. The molecule has 1 aromatic rings. The van der Waals surface area contributed by atoms with Gasteiger partial charge in [-0.1, -0.05) is 6.92 Å². The van der Waals surface area contributed by atoms with Crippen molar-refractivity contribution < 1.29 is 0 Å². The Bertz CT molecular complexity index is 303. The van der Waals surface area contributed by atoms with E-state index in [0.717, 1.165) is 35.7 Å². The van der Waals surface area contributed by atoms with Crippen molar-refractivity contribution in [2.24, 2.45) is 0 Å². The van der Waals surface area contributed by atoms with E-state index in [4.69, 9.17) is 12.2 Å². The quantitative estimate of drug-likeness (QED) is 0.768. The number of nitrogens with zero attached hydrogens (tertiary/aromatic N) is 2. The van der Waals surface area contributed by atoms with Crippen molar-refractivity contribution >= 4 is 24.0 Å². The molecule has 0 aliphatic carbocycles. The number of H-pyrrole nitrogens is 1. The zero-order chi connectivity index (χ0) is 9.68. The van der Waals surface area contributed by atoms with Gasteiger partial charge in [-0.3, -0.25) is 5.10 Å². The summed E-state index contributed by atoms with van der Waals surface area (Å²) in [6.07, 6.45) is 4.21. The highest BCUT2D eigenvalue weighted by Crippen LogP contribution is 2.03. The van der Waals surface area contributed by atoms with Gasteiger partial charge in [0.2, 0.25) is 0 Å². The maximum atomic E-state index is 5.14. The third kappa shape index (κ3) is 2.84. The molecule has 0 unspecified atom stereocenters. The first-order valence-corrected chi connectivity index (χ1v) is 6.22. The number of hydrogen-bond acceptors (Lipinski definition) is 3. The molecule has 1 aromatic heterocycles. The van der Waals surface area contributed by atoms with Crippen LogP contribution in [-0.4, -0.2) is 26.8 Å². The van der Waals surface area contributed by atoms with Gasteiger partial charge in [0.05, 0.1) is 0 Å². The maximum Gasteiger partial charge on any atom is 0.195 e. The number of aromatic amines is 1. The molecular formula is C8H15N3S2. The molecule has 3 nitrogen and oxygen atoms in total. The zero-order valence-corrected chi connectivity index (χ0v) is 9.67. The molecule has 1 N–H and O–H groups in total. The number of thioether (sulfide) groups is 1. The third-order valence-electron chi connectivity index (χ3n) is 1.83. The lowest BCUT2D eigenvalue weighted by molar-refractivity contribution is 0.683. The molecule has 0 aliphatic rings. The van der Waals surface area contributed by atoms with Gasteiger partial charge in [0.25, 0.3) is 0 Å². The summed E-state index contributed by atoms with van der Waals surface area (Å²) in [5.74, 6) is 2.17. The topological polar surface area (TPSA) is 33.6 Å². The van der Waals surface area contributed by atoms with E-state index in [1.165, 1.54) is 0 Å². The Kier molecular flexibility index (Phi) is 4.52. The van der Waals surface area contributed by atoms with Crippen LogP contribution in [0.3, 0.4) is 0 Å². The Labute approximate surface area is 87.9 Å². The lowest BCUT2D eigenvalue weighted by atomic mass is 10.3. The minimum Gasteiger partial charge on any atom is -0.303 e. The van der Waals surface area contributed by atoms with Crippen molar-refractivity contribution in [3.63, 3.8) is 0 Å². The van der Waals surface area contributed by atoms with E-state index in [2.05, 4.69) is 27.9 Å². The lowest BCUT2D eigenvalue weighted by Gasteiger charge is -2.03. The monoisotopic (exact) mass is 217 g/mol. The van der Waals surface area contributed by atoms with E-state index in [9.17, 15) is 0 Å². The smallest absolute Gasteiger partial charge is 0.195 e. The molecule has 0 fully saturated rings. The van der Waals surface area contributed by atoms with Crippen molar-refractivity contribution in [2.45, 2.75) is 26.3 Å². The maximum absolute atomic E-state index is 5.14. The standard InChI is InChI=1S/C8H15N3S2/c1-3-4-7-9-10-8(12)11(7)5-6-13-2/h3-6H2,1-2H3,(H,10,12). The number of nitrogens with one attached hydrogen (secondary N) is 1. The van der Waals surface area contributed by atoms with E-state index in [1.807, 2.05) is 11.8 Å². The van der Waals surface area contributed by atoms with Gasteiger partial charge in [0, 0.05) is 18.7 Å². The summed E-state index contributed by atoms with van der Waals surface area (Å²) >= 11 is 6.96. The van der Waals surface area contributed by atoms with Gasteiger partial charge >= 0.3 is 0 Å². The van der Waals surface area contributed by atoms with Gasteiger partial charge in [-0.2, -0.15) is 16.9 Å². The van der Waals surface area contributed by atoms with Crippen LogP contribution in [0.1, 0.15) is 19.2 Å². The Morgan fingerprint density at radius 3 is 3.00 bits per heavy atom. The average Bonchev–Trinajstić information content (AvgIpc) is 2.45. The van der Waals surface area contributed by atoms with Gasteiger partial charge in [0.15, 0.2) is 4.77 Å². The lowest BCUT2D eigenvalue weighted by Crippen LogP contribution is -2.05. The van der Waals surface area contributed by atoms with Crippen LogP contribution >= 0.6 is 24.0 Å². The Morgan fingerprint density at radius 2 is 2.38 bits per heavy atom. The summed E-state index contributed by atoms with van der Waals surface area (Å²) in [6, 6.07) is 0. The fourth-order valence-electron chi connectivity index (χ4n) is 1.18. The van der Waals surface area contributed by atoms with Gasteiger partial charge in [-0.25, -0.2) is 0 Å². The van der Waals surface area contributed by atoms with Crippen molar-refractivity contribution in [3.8, 4) is 0 Å². The first kappa shape index (κ1) is 10.8. The number of hydrogen-bond donors (Lipinski definition) is 1. The van der Waals surface area contributed by atoms with Crippen LogP contribution in [0, 0.1) is 4.77 Å². The fraction of sp³-hybridized carbons (Fsp3) is 0.750. The van der Waals surface area contributed by atoms with Crippen molar-refractivity contribution in [1.82, 2.24) is 14.8 Å². The van der Waals surface area contributed by atoms with E-state index in [-0.39, 0.29) is 0 Å². The van der Waals surface area contributed by atoms with E-state index in [1.54, 1.807) is 0 Å². The van der Waals surface area contributed by atoms with Gasteiger partial charge in [0.1, 0.15) is 5.82 Å². The van der Waals surface area contributed by atoms with Crippen LogP contribution in [0.5, 0.6) is 0 Å². The molecular weight excluding hydrogens is 202 g/mol. The normalized spacial score (nSPS) is 10.6. The SMILES string of the molecule is CCCc1n[nH]c(=S)n1CCSC. The summed E-state index contributed by atoms with van der Waals surface area (Å²) in [4.78, 5) is 0. The highest BCUT2D eigenvalue weighted by atomic mass is 32.2. The average molecular weight is 217 g/mol. The Morgan fingerprint density at radius 1 is 1.62 bits per heavy atom. The second-order valence-electron chi connectivity index (χ2n) is 2.84. The second-order valence-corrected chi connectivity index (χ2v) is 4.21. The molecule has 1 heterocycles. The first-order valence-electron chi connectivity index (χ1n) is 4.42. The van der Waals surface area contributed by atoms with Gasteiger partial charge < -0.3 is 4.57 Å². The highest BCUT2D eigenvalue weighted by Gasteiger charge is 2.03. The molecule has 0 saturated carbocycles. The van der Waals surface area contributed by atoms with Crippen LogP contribution in [-0.2, 0) is 13.0 Å². The molecule has 74 valence electrons. The van der Waals surface area contributed by atoms with E-state index in [0.29, 0.717) is 0 Å². The third-order valence-corrected chi connectivity index (χ3v) is 2.73. The van der Waals surface area contributed by atoms with Crippen LogP contribution in [0.15, 0.2) is 0 Å². The van der Waals surface area contributed by atoms with Gasteiger partial charge in [-0.15, -0.1) is 0 Å². The van der Waals surface area contributed by atoms with Crippen molar-refractivity contribution in [2.75, 3.05) is 12.0 Å². The van der Waals surface area contributed by atoms with Crippen LogP contribution in [0.4, 0.5) is 0 Å². The molecule has 0 aromatic carbocycles. The zero-order valence-electron chi connectivity index (χ0n) is 8.04. The molecule has 0 spiro atoms. The summed E-state index contributed by atoms with van der Waals surface area (Å²) in [5, 5.41) is 7.03. The van der Waals surface area contributed by atoms with Crippen LogP contribution in [0.25, 0.3) is 0 Å². The molecule has 0 aliphatic heterocycles. The molecule has 0 bridgehead atoms. The number of aryl methyl sites for hydroxylation is 1. The molecule has 5 heteroatoms. The molecule has 0 radical (unpaired) electrons. The summed E-state index contributed by atoms with van der Waals surface area (Å²) in [7, 11) is 0. The largest absolute Gasteiger partial charge is 0.303 e. The molecule has 0 amide bonds. The van der Waals surface area contributed by atoms with Crippen LogP contribution in [0.2, 0.25) is 0 Å². The summed E-state index contributed by atoms with van der Waals surface area (Å²) in [6.45, 7) is 3.11. The molecule has 0 saturated heterocycles. The van der Waals surface area contributed by atoms with Crippen molar-refractivity contribution in [1.29, 1.82) is 0 Å². The number of rotatable bonds is 5. The van der Waals surface area contributed by atoms with E-state index >= 15 is 0 Å². The number of aromatic nitrogens is 3. The first-order chi connectivity index (χ1) is 6.29.